The molecule has 0 saturated heterocycles. The summed E-state index contributed by atoms with van der Waals surface area (Å²) in [6, 6.07) is 14.2. The molecule has 0 saturated carbocycles. The quantitative estimate of drug-likeness (QED) is 0.823. The van der Waals surface area contributed by atoms with Crippen molar-refractivity contribution in [3.8, 4) is 0 Å². The Balaban J connectivity index is 1.71. The molecule has 2 aromatic carbocycles. The van der Waals surface area contributed by atoms with Gasteiger partial charge in [0.1, 0.15) is 6.10 Å². The molecule has 0 radical (unpaired) electrons. The van der Waals surface area contributed by atoms with Crippen molar-refractivity contribution < 1.29 is 23.9 Å². The van der Waals surface area contributed by atoms with Crippen LogP contribution in [-0.4, -0.2) is 30.0 Å². The van der Waals surface area contributed by atoms with Crippen LogP contribution in [0.2, 0.25) is 0 Å². The molecule has 6 nitrogen and oxygen atoms in total. The minimum atomic E-state index is -0.609. The molecule has 1 amide bonds. The Hall–Kier alpha value is -3.15. The zero-order chi connectivity index (χ0) is 20.3. The molecule has 1 aliphatic heterocycles. The molecule has 0 spiro atoms. The number of benzene rings is 2. The molecule has 1 atom stereocenters. The fourth-order valence-corrected chi connectivity index (χ4v) is 3.05. The third kappa shape index (κ3) is 4.76. The molecule has 1 N–H and O–H groups in total. The van der Waals surface area contributed by atoms with Gasteiger partial charge in [-0.15, -0.1) is 0 Å². The van der Waals surface area contributed by atoms with E-state index in [1.165, 1.54) is 6.07 Å². The summed E-state index contributed by atoms with van der Waals surface area (Å²) in [6.45, 7) is 5.18. The van der Waals surface area contributed by atoms with Crippen LogP contribution >= 0.6 is 0 Å². The van der Waals surface area contributed by atoms with Crippen LogP contribution in [0.5, 0.6) is 0 Å². The highest BCUT2D eigenvalue weighted by atomic mass is 16.5. The molecule has 1 heterocycles. The molecule has 0 aromatic heterocycles. The number of carbonyl (C=O) groups is 3. The molecule has 6 heteroatoms. The Morgan fingerprint density at radius 2 is 1.86 bits per heavy atom. The fraction of sp³-hybridized carbons (Fsp3) is 0.318. The van der Waals surface area contributed by atoms with E-state index in [1.54, 1.807) is 12.1 Å². The van der Waals surface area contributed by atoms with Crippen molar-refractivity contribution in [3.63, 3.8) is 0 Å². The van der Waals surface area contributed by atoms with Crippen LogP contribution in [0.15, 0.2) is 48.5 Å². The van der Waals surface area contributed by atoms with Gasteiger partial charge in [-0.3, -0.25) is 4.79 Å². The van der Waals surface area contributed by atoms with Gasteiger partial charge in [-0.25, -0.2) is 9.59 Å². The number of rotatable bonds is 4. The van der Waals surface area contributed by atoms with Crippen molar-refractivity contribution in [2.45, 2.75) is 38.8 Å². The van der Waals surface area contributed by atoms with Gasteiger partial charge < -0.3 is 14.8 Å². The average Bonchev–Trinajstić information content (AvgIpc) is 2.65. The van der Waals surface area contributed by atoms with Crippen LogP contribution in [0.1, 0.15) is 58.7 Å². The summed E-state index contributed by atoms with van der Waals surface area (Å²) >= 11 is 0. The predicted octanol–water partition coefficient (Wildman–Crippen LogP) is 3.21. The zero-order valence-corrected chi connectivity index (χ0v) is 16.2. The largest absolute Gasteiger partial charge is 0.454 e. The van der Waals surface area contributed by atoms with Gasteiger partial charge in [-0.1, -0.05) is 30.3 Å². The molecule has 28 heavy (non-hydrogen) atoms. The average molecular weight is 381 g/mol. The van der Waals surface area contributed by atoms with E-state index in [0.29, 0.717) is 17.5 Å². The van der Waals surface area contributed by atoms with E-state index in [9.17, 15) is 14.4 Å². The number of esters is 2. The second-order valence-electron chi connectivity index (χ2n) is 7.75. The number of nitrogens with one attached hydrogen (secondary N) is 1. The van der Waals surface area contributed by atoms with E-state index in [0.717, 1.165) is 11.1 Å². The maximum Gasteiger partial charge on any atom is 0.339 e. The number of fused-ring (bicyclic) bond motifs is 1. The lowest BCUT2D eigenvalue weighted by molar-refractivity contribution is -0.125. The van der Waals surface area contributed by atoms with E-state index < -0.39 is 23.6 Å². The molecular formula is C22H23NO5. The van der Waals surface area contributed by atoms with Gasteiger partial charge in [-0.05, 0) is 50.1 Å². The van der Waals surface area contributed by atoms with Crippen molar-refractivity contribution in [3.05, 3.63) is 70.8 Å². The van der Waals surface area contributed by atoms with Gasteiger partial charge in [0.2, 0.25) is 0 Å². The molecular weight excluding hydrogens is 358 g/mol. The highest BCUT2D eigenvalue weighted by Crippen LogP contribution is 2.31. The van der Waals surface area contributed by atoms with E-state index in [1.807, 2.05) is 51.1 Å². The SMILES string of the molecule is CC(C)(C)NC(=O)COC(=O)c1ccc2c(c1)CC(c1ccccc1)OC2=O. The summed E-state index contributed by atoms with van der Waals surface area (Å²) in [6.07, 6.45) is 0.0708. The maximum atomic E-state index is 12.3. The molecule has 2 aromatic rings. The summed E-state index contributed by atoms with van der Waals surface area (Å²) in [5.41, 5.74) is 1.95. The molecule has 0 fully saturated rings. The molecule has 0 aliphatic carbocycles. The Labute approximate surface area is 163 Å². The summed E-state index contributed by atoms with van der Waals surface area (Å²) in [5, 5.41) is 2.73. The Kier molecular flexibility index (Phi) is 5.49. The minimum absolute atomic E-state index is 0.295. The standard InChI is InChI=1S/C22H23NO5/c1-22(2,3)23-19(24)13-27-20(25)15-9-10-17-16(11-15)12-18(28-21(17)26)14-7-5-4-6-8-14/h4-11,18H,12-13H2,1-3H3,(H,23,24). The van der Waals surface area contributed by atoms with Crippen molar-refractivity contribution in [2.24, 2.45) is 0 Å². The van der Waals surface area contributed by atoms with Crippen molar-refractivity contribution in [1.82, 2.24) is 5.32 Å². The summed E-state index contributed by atoms with van der Waals surface area (Å²) in [4.78, 5) is 36.4. The molecule has 1 aliphatic rings. The topological polar surface area (TPSA) is 81.7 Å². The molecule has 1 unspecified atom stereocenters. The zero-order valence-electron chi connectivity index (χ0n) is 16.2. The normalized spacial score (nSPS) is 16.0. The number of carbonyl (C=O) groups excluding carboxylic acids is 3. The number of hydrogen-bond donors (Lipinski definition) is 1. The van der Waals surface area contributed by atoms with Crippen LogP contribution in [0.4, 0.5) is 0 Å². The Morgan fingerprint density at radius 3 is 2.54 bits per heavy atom. The third-order valence-corrected chi connectivity index (χ3v) is 4.24. The monoisotopic (exact) mass is 381 g/mol. The van der Waals surface area contributed by atoms with Crippen LogP contribution in [0, 0.1) is 0 Å². The summed E-state index contributed by atoms with van der Waals surface area (Å²) in [5.74, 6) is -1.40. The summed E-state index contributed by atoms with van der Waals surface area (Å²) in [7, 11) is 0. The van der Waals surface area contributed by atoms with Gasteiger partial charge >= 0.3 is 11.9 Å². The van der Waals surface area contributed by atoms with Gasteiger partial charge in [0.15, 0.2) is 6.61 Å². The first-order valence-corrected chi connectivity index (χ1v) is 9.10. The van der Waals surface area contributed by atoms with Crippen LogP contribution in [0.3, 0.4) is 0 Å². The first-order valence-electron chi connectivity index (χ1n) is 9.10. The summed E-state index contributed by atoms with van der Waals surface area (Å²) < 4.78 is 10.6. The highest BCUT2D eigenvalue weighted by molar-refractivity contribution is 5.96. The van der Waals surface area contributed by atoms with Crippen LogP contribution < -0.4 is 5.32 Å². The lowest BCUT2D eigenvalue weighted by atomic mass is 9.93. The molecule has 3 rings (SSSR count). The van der Waals surface area contributed by atoms with Crippen LogP contribution in [-0.2, 0) is 20.7 Å². The highest BCUT2D eigenvalue weighted by Gasteiger charge is 2.28. The molecule has 0 bridgehead atoms. The first-order chi connectivity index (χ1) is 13.2. The Morgan fingerprint density at radius 1 is 1.14 bits per heavy atom. The Bertz CT molecular complexity index is 899. The van der Waals surface area contributed by atoms with Gasteiger partial charge in [-0.2, -0.15) is 0 Å². The lowest BCUT2D eigenvalue weighted by Crippen LogP contribution is -2.42. The number of amides is 1. The predicted molar refractivity (Wildman–Crippen MR) is 103 cm³/mol. The van der Waals surface area contributed by atoms with Crippen molar-refractivity contribution in [1.29, 1.82) is 0 Å². The van der Waals surface area contributed by atoms with Crippen molar-refractivity contribution in [2.75, 3.05) is 6.61 Å². The first kappa shape index (κ1) is 19.6. The number of hydrogen-bond acceptors (Lipinski definition) is 5. The number of ether oxygens (including phenoxy) is 2. The molecule has 146 valence electrons. The smallest absolute Gasteiger partial charge is 0.339 e. The minimum Gasteiger partial charge on any atom is -0.454 e. The van der Waals surface area contributed by atoms with Gasteiger partial charge in [0, 0.05) is 12.0 Å². The maximum absolute atomic E-state index is 12.3. The fourth-order valence-electron chi connectivity index (χ4n) is 3.05. The lowest BCUT2D eigenvalue weighted by Gasteiger charge is -2.25. The van der Waals surface area contributed by atoms with Gasteiger partial charge in [0.25, 0.3) is 5.91 Å². The van der Waals surface area contributed by atoms with E-state index >= 15 is 0 Å². The number of cyclic esters (lactones) is 1. The van der Waals surface area contributed by atoms with Crippen molar-refractivity contribution >= 4 is 17.8 Å². The van der Waals surface area contributed by atoms with E-state index in [-0.39, 0.29) is 12.5 Å². The van der Waals surface area contributed by atoms with Crippen LogP contribution in [0.25, 0.3) is 0 Å². The van der Waals surface area contributed by atoms with E-state index in [2.05, 4.69) is 5.32 Å². The van der Waals surface area contributed by atoms with E-state index in [4.69, 9.17) is 9.47 Å². The second kappa shape index (κ2) is 7.84. The third-order valence-electron chi connectivity index (χ3n) is 4.24. The van der Waals surface area contributed by atoms with Gasteiger partial charge in [0.05, 0.1) is 11.1 Å². The second-order valence-corrected chi connectivity index (χ2v) is 7.75.